The van der Waals surface area contributed by atoms with Gasteiger partial charge in [-0.2, -0.15) is 0 Å². The number of rotatable bonds is 33. The number of likely N-dealkylation sites (N-methyl/N-ethyl adjacent to an activating group) is 1. The van der Waals surface area contributed by atoms with E-state index in [0.29, 0.717) is 24.1 Å². The van der Waals surface area contributed by atoms with Crippen molar-refractivity contribution in [3.05, 3.63) is 0 Å². The molecule has 8 nitrogen and oxygen atoms in total. The molecule has 0 aromatic carbocycles. The highest BCUT2D eigenvalue weighted by molar-refractivity contribution is 7.45. The van der Waals surface area contributed by atoms with Crippen LogP contribution < -0.4 is 4.89 Å². The maximum absolute atomic E-state index is 12.3. The number of ether oxygens (including phenoxy) is 2. The smallest absolute Gasteiger partial charge is 0.306 e. The maximum Gasteiger partial charge on any atom is 0.306 e. The Morgan fingerprint density at radius 2 is 1.07 bits per heavy atom. The number of esters is 1. The Hall–Kier alpha value is -0.500. The van der Waals surface area contributed by atoms with Crippen LogP contribution in [0.25, 0.3) is 0 Å². The summed E-state index contributed by atoms with van der Waals surface area (Å²) < 4.78 is 34.1. The third-order valence-corrected chi connectivity index (χ3v) is 8.62. The fourth-order valence-corrected chi connectivity index (χ4v) is 5.57. The van der Waals surface area contributed by atoms with Crippen molar-refractivity contribution in [2.45, 2.75) is 161 Å². The lowest BCUT2D eigenvalue weighted by Gasteiger charge is -2.28. The molecule has 0 heterocycles. The van der Waals surface area contributed by atoms with E-state index in [1.165, 1.54) is 96.3 Å². The zero-order valence-electron chi connectivity index (χ0n) is 28.9. The summed E-state index contributed by atoms with van der Waals surface area (Å²) in [5.74, 6) is -0.349. The number of phosphoric acid groups is 1. The van der Waals surface area contributed by atoms with Crippen molar-refractivity contribution in [3.8, 4) is 0 Å². The first-order valence-corrected chi connectivity index (χ1v) is 19.2. The Morgan fingerprint density at radius 3 is 1.53 bits per heavy atom. The summed E-state index contributed by atoms with van der Waals surface area (Å²) in [5.41, 5.74) is 0. The van der Waals surface area contributed by atoms with E-state index in [-0.39, 0.29) is 25.8 Å². The molecule has 9 heteroatoms. The van der Waals surface area contributed by atoms with Crippen LogP contribution >= 0.6 is 7.82 Å². The molecule has 0 rings (SSSR count). The van der Waals surface area contributed by atoms with Gasteiger partial charge in [0, 0.05) is 13.0 Å². The zero-order chi connectivity index (χ0) is 32.1. The van der Waals surface area contributed by atoms with Gasteiger partial charge in [-0.1, -0.05) is 136 Å². The number of nitrogens with zero attached hydrogens (tertiary/aromatic N) is 1. The fraction of sp³-hybridized carbons (Fsp3) is 0.971. The Labute approximate surface area is 266 Å². The summed E-state index contributed by atoms with van der Waals surface area (Å²) in [6.07, 6.45) is 25.9. The summed E-state index contributed by atoms with van der Waals surface area (Å²) >= 11 is 0. The molecule has 0 fully saturated rings. The van der Waals surface area contributed by atoms with E-state index in [1.54, 1.807) is 0 Å². The zero-order valence-corrected chi connectivity index (χ0v) is 29.8. The summed E-state index contributed by atoms with van der Waals surface area (Å²) in [6.45, 7) is 5.31. The van der Waals surface area contributed by atoms with E-state index >= 15 is 0 Å². The number of quaternary nitrogens is 1. The summed E-state index contributed by atoms with van der Waals surface area (Å²) in [4.78, 5) is 24.5. The topological polar surface area (TPSA) is 94.1 Å². The Kier molecular flexibility index (Phi) is 28.6. The van der Waals surface area contributed by atoms with Crippen LogP contribution in [0, 0.1) is 0 Å². The highest BCUT2D eigenvalue weighted by Gasteiger charge is 2.20. The SMILES string of the molecule is CCCCCCCCCCCCCCCCCCCOCC(COP(=O)([O-])OCC[N+](C)(C)C)OC(=O)CCCCCC. The monoisotopic (exact) mass is 635 g/mol. The molecule has 0 radical (unpaired) electrons. The minimum Gasteiger partial charge on any atom is -0.756 e. The number of hydrogen-bond donors (Lipinski definition) is 0. The number of carbonyl (C=O) groups excluding carboxylic acids is 1. The Morgan fingerprint density at radius 1 is 0.628 bits per heavy atom. The molecular formula is C34H70NO7P. The van der Waals surface area contributed by atoms with Gasteiger partial charge in [0.1, 0.15) is 19.3 Å². The van der Waals surface area contributed by atoms with Crippen molar-refractivity contribution in [2.75, 3.05) is 54.1 Å². The van der Waals surface area contributed by atoms with Crippen LogP contribution in [0.5, 0.6) is 0 Å². The predicted molar refractivity (Wildman–Crippen MR) is 176 cm³/mol. The molecule has 0 aliphatic rings. The van der Waals surface area contributed by atoms with Gasteiger partial charge < -0.3 is 27.9 Å². The van der Waals surface area contributed by atoms with Gasteiger partial charge >= 0.3 is 5.97 Å². The maximum atomic E-state index is 12.3. The number of carbonyl (C=O) groups is 1. The molecule has 0 spiro atoms. The minimum atomic E-state index is -4.49. The lowest BCUT2D eigenvalue weighted by Crippen LogP contribution is -2.37. The summed E-state index contributed by atoms with van der Waals surface area (Å²) in [5, 5.41) is 0. The van der Waals surface area contributed by atoms with Gasteiger partial charge in [-0.3, -0.25) is 9.36 Å². The molecule has 0 saturated carbocycles. The standard InChI is InChI=1S/C34H70NO7P/c1-6-8-10-12-13-14-15-16-17-18-19-20-21-22-23-24-26-29-39-31-33(42-34(36)27-25-11-9-7-2)32-41-43(37,38)40-30-28-35(3,4)5/h33H,6-32H2,1-5H3. The molecule has 0 aliphatic heterocycles. The van der Waals surface area contributed by atoms with E-state index in [1.807, 2.05) is 21.1 Å². The molecule has 0 saturated heterocycles. The summed E-state index contributed by atoms with van der Waals surface area (Å²) in [6, 6.07) is 0. The second-order valence-corrected chi connectivity index (χ2v) is 14.7. The number of hydrogen-bond acceptors (Lipinski definition) is 7. The highest BCUT2D eigenvalue weighted by Crippen LogP contribution is 2.38. The van der Waals surface area contributed by atoms with E-state index in [9.17, 15) is 14.3 Å². The van der Waals surface area contributed by atoms with E-state index in [2.05, 4.69) is 13.8 Å². The van der Waals surface area contributed by atoms with E-state index in [4.69, 9.17) is 18.5 Å². The molecule has 258 valence electrons. The first-order valence-electron chi connectivity index (χ1n) is 17.8. The summed E-state index contributed by atoms with van der Waals surface area (Å²) in [7, 11) is 1.36. The van der Waals surface area contributed by atoms with E-state index in [0.717, 1.165) is 38.5 Å². The average molecular weight is 636 g/mol. The largest absolute Gasteiger partial charge is 0.756 e. The molecule has 0 bridgehead atoms. The van der Waals surface area contributed by atoms with Crippen LogP contribution in [0.4, 0.5) is 0 Å². The molecule has 0 amide bonds. The van der Waals surface area contributed by atoms with Crippen molar-refractivity contribution in [3.63, 3.8) is 0 Å². The Bertz CT molecular complexity index is 672. The third kappa shape index (κ3) is 32.7. The van der Waals surface area contributed by atoms with Gasteiger partial charge in [0.25, 0.3) is 7.82 Å². The highest BCUT2D eigenvalue weighted by atomic mass is 31.2. The molecule has 2 atom stereocenters. The third-order valence-electron chi connectivity index (χ3n) is 7.66. The second-order valence-electron chi connectivity index (χ2n) is 13.2. The van der Waals surface area contributed by atoms with Crippen molar-refractivity contribution in [1.29, 1.82) is 0 Å². The molecule has 2 unspecified atom stereocenters. The quantitative estimate of drug-likeness (QED) is 0.0308. The van der Waals surface area contributed by atoms with Gasteiger partial charge in [0.05, 0.1) is 34.4 Å². The average Bonchev–Trinajstić information content (AvgIpc) is 2.94. The van der Waals surface area contributed by atoms with E-state index < -0.39 is 13.9 Å². The fourth-order valence-electron chi connectivity index (χ4n) is 4.84. The molecule has 0 aromatic rings. The van der Waals surface area contributed by atoms with Crippen LogP contribution in [0.15, 0.2) is 0 Å². The van der Waals surface area contributed by atoms with Crippen molar-refractivity contribution in [1.82, 2.24) is 0 Å². The van der Waals surface area contributed by atoms with Crippen LogP contribution in [-0.2, 0) is 27.9 Å². The molecule has 0 N–H and O–H groups in total. The number of phosphoric ester groups is 1. The normalized spacial score (nSPS) is 14.1. The van der Waals surface area contributed by atoms with Gasteiger partial charge in [-0.15, -0.1) is 0 Å². The lowest BCUT2D eigenvalue weighted by atomic mass is 10.0. The van der Waals surface area contributed by atoms with Gasteiger partial charge in [0.15, 0.2) is 0 Å². The first-order chi connectivity index (χ1) is 20.6. The predicted octanol–water partition coefficient (Wildman–Crippen LogP) is 8.74. The molecular weight excluding hydrogens is 565 g/mol. The molecule has 0 aliphatic carbocycles. The molecule has 0 aromatic heterocycles. The Balaban J connectivity index is 4.03. The van der Waals surface area contributed by atoms with Crippen LogP contribution in [0.3, 0.4) is 0 Å². The molecule has 43 heavy (non-hydrogen) atoms. The number of unbranched alkanes of at least 4 members (excludes halogenated alkanes) is 19. The van der Waals surface area contributed by atoms with Gasteiger partial charge in [0.2, 0.25) is 0 Å². The minimum absolute atomic E-state index is 0.0297. The van der Waals surface area contributed by atoms with Crippen LogP contribution in [0.1, 0.15) is 155 Å². The van der Waals surface area contributed by atoms with Gasteiger partial charge in [-0.25, -0.2) is 0 Å². The van der Waals surface area contributed by atoms with Crippen molar-refractivity contribution < 1.29 is 37.3 Å². The van der Waals surface area contributed by atoms with Crippen molar-refractivity contribution >= 4 is 13.8 Å². The van der Waals surface area contributed by atoms with Crippen LogP contribution in [0.2, 0.25) is 0 Å². The first kappa shape index (κ1) is 42.5. The van der Waals surface area contributed by atoms with Crippen molar-refractivity contribution in [2.24, 2.45) is 0 Å². The lowest BCUT2D eigenvalue weighted by molar-refractivity contribution is -0.870. The second kappa shape index (κ2) is 28.9. The van der Waals surface area contributed by atoms with Gasteiger partial charge in [-0.05, 0) is 12.8 Å². The van der Waals surface area contributed by atoms with Crippen LogP contribution in [-0.4, -0.2) is 70.7 Å².